The molecule has 2 atom stereocenters. The number of nitrogens with zero attached hydrogens (tertiary/aromatic N) is 1. The van der Waals surface area contributed by atoms with Gasteiger partial charge in [-0.15, -0.1) is 13.2 Å². The van der Waals surface area contributed by atoms with Crippen molar-refractivity contribution >= 4 is 11.9 Å². The van der Waals surface area contributed by atoms with E-state index in [1.165, 1.54) is 0 Å². The molecule has 0 radical (unpaired) electrons. The van der Waals surface area contributed by atoms with Gasteiger partial charge in [-0.1, -0.05) is 18.6 Å². The Kier molecular flexibility index (Phi) is 4.94. The third-order valence-electron chi connectivity index (χ3n) is 3.16. The summed E-state index contributed by atoms with van der Waals surface area (Å²) in [6.45, 7) is 8.08. The van der Waals surface area contributed by atoms with Crippen LogP contribution in [0.1, 0.15) is 19.3 Å². The summed E-state index contributed by atoms with van der Waals surface area (Å²) in [6.07, 6.45) is 5.37. The summed E-state index contributed by atoms with van der Waals surface area (Å²) >= 11 is 0. The fourth-order valence-electron chi connectivity index (χ4n) is 2.35. The van der Waals surface area contributed by atoms with Crippen LogP contribution in [0.3, 0.4) is 0 Å². The van der Waals surface area contributed by atoms with Gasteiger partial charge < -0.3 is 10.0 Å². The maximum absolute atomic E-state index is 12.2. The molecule has 1 saturated carbocycles. The minimum absolute atomic E-state index is 0.0882. The molecule has 2 unspecified atom stereocenters. The Labute approximate surface area is 102 Å². The van der Waals surface area contributed by atoms with Crippen LogP contribution >= 0.6 is 0 Å². The lowest BCUT2D eigenvalue weighted by molar-refractivity contribution is -0.148. The second-order valence-electron chi connectivity index (χ2n) is 4.30. The summed E-state index contributed by atoms with van der Waals surface area (Å²) in [6, 6.07) is 0. The van der Waals surface area contributed by atoms with Crippen LogP contribution in [0.5, 0.6) is 0 Å². The predicted octanol–water partition coefficient (Wildman–Crippen LogP) is 1.69. The fourth-order valence-corrected chi connectivity index (χ4v) is 2.35. The standard InChI is InChI=1S/C13H19NO3/c1-3-8-14(9-4-2)12(15)10-6-5-7-11(10)13(16)17/h3-4,10-11H,1-2,5-9H2,(H,16,17). The molecule has 17 heavy (non-hydrogen) atoms. The van der Waals surface area contributed by atoms with Gasteiger partial charge in [-0.2, -0.15) is 0 Å². The summed E-state index contributed by atoms with van der Waals surface area (Å²) in [4.78, 5) is 24.9. The van der Waals surface area contributed by atoms with E-state index in [1.54, 1.807) is 17.1 Å². The molecule has 0 saturated heterocycles. The van der Waals surface area contributed by atoms with Gasteiger partial charge in [0.15, 0.2) is 0 Å². The molecule has 0 spiro atoms. The number of carbonyl (C=O) groups excluding carboxylic acids is 1. The molecular weight excluding hydrogens is 218 g/mol. The van der Waals surface area contributed by atoms with Crippen LogP contribution in [-0.4, -0.2) is 35.0 Å². The molecule has 1 fully saturated rings. The lowest BCUT2D eigenvalue weighted by Crippen LogP contribution is -2.39. The fraction of sp³-hybridized carbons (Fsp3) is 0.538. The molecular formula is C13H19NO3. The van der Waals surface area contributed by atoms with Crippen molar-refractivity contribution < 1.29 is 14.7 Å². The minimum atomic E-state index is -0.863. The number of amides is 1. The number of carboxylic acid groups (broad SMARTS) is 1. The lowest BCUT2D eigenvalue weighted by atomic mass is 9.94. The van der Waals surface area contributed by atoms with Gasteiger partial charge in [0.2, 0.25) is 5.91 Å². The van der Waals surface area contributed by atoms with E-state index < -0.39 is 11.9 Å². The molecule has 0 bridgehead atoms. The highest BCUT2D eigenvalue weighted by Crippen LogP contribution is 2.33. The normalized spacial score (nSPS) is 23.1. The van der Waals surface area contributed by atoms with E-state index in [1.807, 2.05) is 0 Å². The van der Waals surface area contributed by atoms with Crippen LogP contribution in [0.4, 0.5) is 0 Å². The quantitative estimate of drug-likeness (QED) is 0.715. The summed E-state index contributed by atoms with van der Waals surface area (Å²) in [5.74, 6) is -1.86. The Morgan fingerprint density at radius 3 is 2.18 bits per heavy atom. The van der Waals surface area contributed by atoms with Gasteiger partial charge >= 0.3 is 5.97 Å². The molecule has 1 aliphatic carbocycles. The van der Waals surface area contributed by atoms with Crippen molar-refractivity contribution in [3.05, 3.63) is 25.3 Å². The first-order chi connectivity index (χ1) is 8.11. The van der Waals surface area contributed by atoms with Crippen molar-refractivity contribution in [1.29, 1.82) is 0 Å². The Morgan fingerprint density at radius 2 is 1.71 bits per heavy atom. The molecule has 0 aromatic rings. The molecule has 0 aliphatic heterocycles. The molecule has 4 heteroatoms. The molecule has 94 valence electrons. The summed E-state index contributed by atoms with van der Waals surface area (Å²) < 4.78 is 0. The first kappa shape index (κ1) is 13.5. The van der Waals surface area contributed by atoms with Crippen LogP contribution in [0.25, 0.3) is 0 Å². The molecule has 0 heterocycles. The monoisotopic (exact) mass is 237 g/mol. The Balaban J connectivity index is 2.74. The molecule has 1 aliphatic rings. The maximum atomic E-state index is 12.2. The van der Waals surface area contributed by atoms with Crippen molar-refractivity contribution in [2.45, 2.75) is 19.3 Å². The Morgan fingerprint density at radius 1 is 1.18 bits per heavy atom. The van der Waals surface area contributed by atoms with Crippen LogP contribution in [0.2, 0.25) is 0 Å². The van der Waals surface area contributed by atoms with E-state index in [-0.39, 0.29) is 11.8 Å². The molecule has 1 N–H and O–H groups in total. The number of rotatable bonds is 6. The van der Waals surface area contributed by atoms with E-state index in [9.17, 15) is 9.59 Å². The SMILES string of the molecule is C=CCN(CC=C)C(=O)C1CCCC1C(=O)O. The van der Waals surface area contributed by atoms with Crippen molar-refractivity contribution in [2.75, 3.05) is 13.1 Å². The van der Waals surface area contributed by atoms with Gasteiger partial charge in [0.25, 0.3) is 0 Å². The van der Waals surface area contributed by atoms with Crippen LogP contribution in [0.15, 0.2) is 25.3 Å². The van der Waals surface area contributed by atoms with E-state index in [4.69, 9.17) is 5.11 Å². The minimum Gasteiger partial charge on any atom is -0.481 e. The number of carboxylic acids is 1. The summed E-state index contributed by atoms with van der Waals surface area (Å²) in [5.41, 5.74) is 0. The first-order valence-corrected chi connectivity index (χ1v) is 5.85. The molecule has 0 aromatic carbocycles. The zero-order chi connectivity index (χ0) is 12.8. The van der Waals surface area contributed by atoms with Crippen molar-refractivity contribution in [2.24, 2.45) is 11.8 Å². The molecule has 1 amide bonds. The molecule has 4 nitrogen and oxygen atoms in total. The van der Waals surface area contributed by atoms with Gasteiger partial charge in [0.05, 0.1) is 11.8 Å². The average Bonchev–Trinajstić information content (AvgIpc) is 2.76. The maximum Gasteiger partial charge on any atom is 0.307 e. The van der Waals surface area contributed by atoms with Gasteiger partial charge in [-0.05, 0) is 12.8 Å². The predicted molar refractivity (Wildman–Crippen MR) is 65.4 cm³/mol. The average molecular weight is 237 g/mol. The van der Waals surface area contributed by atoms with Crippen molar-refractivity contribution in [3.63, 3.8) is 0 Å². The van der Waals surface area contributed by atoms with Crippen molar-refractivity contribution in [1.82, 2.24) is 4.90 Å². The van der Waals surface area contributed by atoms with Crippen LogP contribution < -0.4 is 0 Å². The molecule has 0 aromatic heterocycles. The number of carbonyl (C=O) groups is 2. The van der Waals surface area contributed by atoms with E-state index >= 15 is 0 Å². The number of hydrogen-bond donors (Lipinski definition) is 1. The zero-order valence-corrected chi connectivity index (χ0v) is 9.97. The lowest BCUT2D eigenvalue weighted by Gasteiger charge is -2.25. The smallest absolute Gasteiger partial charge is 0.307 e. The third-order valence-corrected chi connectivity index (χ3v) is 3.16. The van der Waals surface area contributed by atoms with E-state index in [0.717, 1.165) is 6.42 Å². The van der Waals surface area contributed by atoms with Gasteiger partial charge in [0, 0.05) is 13.1 Å². The van der Waals surface area contributed by atoms with Crippen molar-refractivity contribution in [3.8, 4) is 0 Å². The second-order valence-corrected chi connectivity index (χ2v) is 4.30. The van der Waals surface area contributed by atoms with Crippen LogP contribution in [0, 0.1) is 11.8 Å². The Hall–Kier alpha value is -1.58. The number of hydrogen-bond acceptors (Lipinski definition) is 2. The first-order valence-electron chi connectivity index (χ1n) is 5.85. The highest BCUT2D eigenvalue weighted by atomic mass is 16.4. The zero-order valence-electron chi connectivity index (χ0n) is 9.97. The van der Waals surface area contributed by atoms with Gasteiger partial charge in [0.1, 0.15) is 0 Å². The summed E-state index contributed by atoms with van der Waals surface area (Å²) in [7, 11) is 0. The topological polar surface area (TPSA) is 57.6 Å². The van der Waals surface area contributed by atoms with E-state index in [2.05, 4.69) is 13.2 Å². The Bertz CT molecular complexity index is 315. The molecule has 1 rings (SSSR count). The summed E-state index contributed by atoms with van der Waals surface area (Å²) in [5, 5.41) is 9.06. The van der Waals surface area contributed by atoms with Gasteiger partial charge in [-0.3, -0.25) is 9.59 Å². The second kappa shape index (κ2) is 6.23. The third kappa shape index (κ3) is 3.19. The van der Waals surface area contributed by atoms with Gasteiger partial charge in [-0.25, -0.2) is 0 Å². The largest absolute Gasteiger partial charge is 0.481 e. The van der Waals surface area contributed by atoms with Crippen LogP contribution in [-0.2, 0) is 9.59 Å². The highest BCUT2D eigenvalue weighted by molar-refractivity contribution is 5.85. The number of aliphatic carboxylic acids is 1. The highest BCUT2D eigenvalue weighted by Gasteiger charge is 2.39. The van der Waals surface area contributed by atoms with E-state index in [0.29, 0.717) is 25.9 Å².